The lowest BCUT2D eigenvalue weighted by Gasteiger charge is -2.25. The van der Waals surface area contributed by atoms with E-state index >= 15 is 0 Å². The molecule has 0 radical (unpaired) electrons. The van der Waals surface area contributed by atoms with Crippen LogP contribution in [-0.2, 0) is 17.7 Å². The second-order valence-corrected chi connectivity index (χ2v) is 5.66. The fourth-order valence-corrected chi connectivity index (χ4v) is 3.14. The molecule has 9 heteroatoms. The normalized spacial score (nSPS) is 13.4. The smallest absolute Gasteiger partial charge is 0.413 e. The molecule has 0 saturated carbocycles. The topological polar surface area (TPSA) is 97.3 Å². The van der Waals surface area contributed by atoms with E-state index in [0.717, 1.165) is 10.6 Å². The molecule has 22 heavy (non-hydrogen) atoms. The molecule has 8 nitrogen and oxygen atoms in total. The van der Waals surface area contributed by atoms with Crippen molar-refractivity contribution in [1.82, 2.24) is 19.9 Å². The maximum absolute atomic E-state index is 12.4. The number of nitrogens with zero attached hydrogens (tertiary/aromatic N) is 4. The van der Waals surface area contributed by atoms with Gasteiger partial charge in [0, 0.05) is 30.2 Å². The molecule has 1 aliphatic heterocycles. The Kier molecular flexibility index (Phi) is 3.96. The van der Waals surface area contributed by atoms with E-state index in [0.29, 0.717) is 30.3 Å². The predicted octanol–water partition coefficient (Wildman–Crippen LogP) is 1.31. The Morgan fingerprint density at radius 2 is 2.27 bits per heavy atom. The SMILES string of the molecule is COC(=O)Nc1nc2c(s1)CN(C(=O)c1cnccn1)CC2. The molecular formula is C13H13N5O3S. The number of carbonyl (C=O) groups is 2. The van der Waals surface area contributed by atoms with Crippen molar-refractivity contribution in [2.24, 2.45) is 0 Å². The van der Waals surface area contributed by atoms with E-state index < -0.39 is 6.09 Å². The molecule has 0 saturated heterocycles. The maximum Gasteiger partial charge on any atom is 0.413 e. The van der Waals surface area contributed by atoms with Crippen LogP contribution in [0.1, 0.15) is 21.1 Å². The van der Waals surface area contributed by atoms with Gasteiger partial charge in [0.15, 0.2) is 5.13 Å². The number of ether oxygens (including phenoxy) is 1. The first-order valence-corrected chi connectivity index (χ1v) is 7.38. The van der Waals surface area contributed by atoms with Crippen LogP contribution in [0, 0.1) is 0 Å². The van der Waals surface area contributed by atoms with E-state index in [2.05, 4.69) is 25.0 Å². The Hall–Kier alpha value is -2.55. The first-order valence-electron chi connectivity index (χ1n) is 6.56. The number of nitrogens with one attached hydrogen (secondary N) is 1. The molecule has 2 aromatic rings. The summed E-state index contributed by atoms with van der Waals surface area (Å²) in [4.78, 5) is 38.5. The zero-order chi connectivity index (χ0) is 15.5. The van der Waals surface area contributed by atoms with Crippen molar-refractivity contribution in [2.45, 2.75) is 13.0 Å². The largest absolute Gasteiger partial charge is 0.453 e. The number of hydrogen-bond donors (Lipinski definition) is 1. The zero-order valence-corrected chi connectivity index (χ0v) is 12.6. The fraction of sp³-hybridized carbons (Fsp3) is 0.308. The number of rotatable bonds is 2. The summed E-state index contributed by atoms with van der Waals surface area (Å²) in [6.45, 7) is 1.01. The van der Waals surface area contributed by atoms with Crippen molar-refractivity contribution in [1.29, 1.82) is 0 Å². The Bertz CT molecular complexity index is 703. The number of aromatic nitrogens is 3. The van der Waals surface area contributed by atoms with Crippen LogP contribution < -0.4 is 5.32 Å². The van der Waals surface area contributed by atoms with Crippen LogP contribution in [0.15, 0.2) is 18.6 Å². The molecule has 0 atom stereocenters. The molecule has 114 valence electrons. The van der Waals surface area contributed by atoms with Gasteiger partial charge in [0.05, 0.1) is 25.5 Å². The standard InChI is InChI=1S/C13H13N5O3S/c1-21-13(20)17-12-16-8-2-5-18(7-10(8)22-12)11(19)9-6-14-3-4-15-9/h3-4,6H,2,5,7H2,1H3,(H,16,17,20). The Labute approximate surface area is 130 Å². The van der Waals surface area contributed by atoms with Gasteiger partial charge < -0.3 is 9.64 Å². The Morgan fingerprint density at radius 1 is 1.41 bits per heavy atom. The maximum atomic E-state index is 12.4. The molecule has 0 fully saturated rings. The Morgan fingerprint density at radius 3 is 3.00 bits per heavy atom. The summed E-state index contributed by atoms with van der Waals surface area (Å²) in [6.07, 6.45) is 4.56. The first-order chi connectivity index (χ1) is 10.7. The number of carbonyl (C=O) groups excluding carboxylic acids is 2. The lowest BCUT2D eigenvalue weighted by atomic mass is 10.1. The number of fused-ring (bicyclic) bond motifs is 1. The zero-order valence-electron chi connectivity index (χ0n) is 11.8. The van der Waals surface area contributed by atoms with E-state index in [-0.39, 0.29) is 5.91 Å². The van der Waals surface area contributed by atoms with Crippen LogP contribution in [0.3, 0.4) is 0 Å². The van der Waals surface area contributed by atoms with Gasteiger partial charge in [0.2, 0.25) is 0 Å². The third-order valence-corrected chi connectivity index (χ3v) is 4.19. The molecule has 0 unspecified atom stereocenters. The average Bonchev–Trinajstić information content (AvgIpc) is 2.96. The summed E-state index contributed by atoms with van der Waals surface area (Å²) in [5, 5.41) is 3.02. The molecule has 3 heterocycles. The van der Waals surface area contributed by atoms with Gasteiger partial charge in [-0.3, -0.25) is 15.1 Å². The van der Waals surface area contributed by atoms with Crippen molar-refractivity contribution >= 4 is 28.5 Å². The summed E-state index contributed by atoms with van der Waals surface area (Å²) in [5.41, 5.74) is 1.22. The van der Waals surface area contributed by atoms with Crippen LogP contribution in [0.4, 0.5) is 9.93 Å². The van der Waals surface area contributed by atoms with Gasteiger partial charge in [-0.25, -0.2) is 14.8 Å². The summed E-state index contributed by atoms with van der Waals surface area (Å²) in [5.74, 6) is -0.158. The molecule has 3 rings (SSSR count). The van der Waals surface area contributed by atoms with Gasteiger partial charge in [-0.05, 0) is 0 Å². The highest BCUT2D eigenvalue weighted by Crippen LogP contribution is 2.28. The molecule has 0 aromatic carbocycles. The molecule has 1 N–H and O–H groups in total. The minimum absolute atomic E-state index is 0.158. The molecule has 0 spiro atoms. The van der Waals surface area contributed by atoms with Crippen molar-refractivity contribution in [3.05, 3.63) is 34.9 Å². The van der Waals surface area contributed by atoms with Gasteiger partial charge >= 0.3 is 6.09 Å². The second kappa shape index (κ2) is 6.06. The van der Waals surface area contributed by atoms with Crippen LogP contribution in [-0.4, -0.2) is 45.5 Å². The van der Waals surface area contributed by atoms with Crippen molar-refractivity contribution in [3.8, 4) is 0 Å². The quantitative estimate of drug-likeness (QED) is 0.896. The number of anilines is 1. The van der Waals surface area contributed by atoms with E-state index in [1.54, 1.807) is 4.90 Å². The summed E-state index contributed by atoms with van der Waals surface area (Å²) in [7, 11) is 1.30. The Balaban J connectivity index is 1.74. The summed E-state index contributed by atoms with van der Waals surface area (Å²) < 4.78 is 4.54. The molecular weight excluding hydrogens is 306 g/mol. The van der Waals surface area contributed by atoms with Gasteiger partial charge in [-0.1, -0.05) is 11.3 Å². The van der Waals surface area contributed by atoms with E-state index in [9.17, 15) is 9.59 Å². The van der Waals surface area contributed by atoms with E-state index in [4.69, 9.17) is 0 Å². The van der Waals surface area contributed by atoms with E-state index in [1.165, 1.54) is 37.0 Å². The fourth-order valence-electron chi connectivity index (χ4n) is 2.13. The molecule has 2 aromatic heterocycles. The van der Waals surface area contributed by atoms with Crippen molar-refractivity contribution in [3.63, 3.8) is 0 Å². The third kappa shape index (κ3) is 2.89. The molecule has 0 bridgehead atoms. The number of amides is 2. The van der Waals surface area contributed by atoms with Gasteiger partial charge in [-0.2, -0.15) is 0 Å². The lowest BCUT2D eigenvalue weighted by molar-refractivity contribution is 0.0729. The molecule has 0 aliphatic carbocycles. The summed E-state index contributed by atoms with van der Waals surface area (Å²) in [6, 6.07) is 0. The highest BCUT2D eigenvalue weighted by molar-refractivity contribution is 7.15. The number of methoxy groups -OCH3 is 1. The van der Waals surface area contributed by atoms with Crippen molar-refractivity contribution < 1.29 is 14.3 Å². The second-order valence-electron chi connectivity index (χ2n) is 4.57. The molecule has 2 amide bonds. The predicted molar refractivity (Wildman–Crippen MR) is 78.6 cm³/mol. The number of hydrogen-bond acceptors (Lipinski definition) is 7. The number of thiazole rings is 1. The van der Waals surface area contributed by atoms with Crippen molar-refractivity contribution in [2.75, 3.05) is 19.0 Å². The highest BCUT2D eigenvalue weighted by Gasteiger charge is 2.26. The van der Waals surface area contributed by atoms with Crippen LogP contribution in [0.2, 0.25) is 0 Å². The average molecular weight is 319 g/mol. The lowest BCUT2D eigenvalue weighted by Crippen LogP contribution is -2.36. The van der Waals surface area contributed by atoms with Gasteiger partial charge in [0.25, 0.3) is 5.91 Å². The monoisotopic (exact) mass is 319 g/mol. The third-order valence-electron chi connectivity index (χ3n) is 3.20. The minimum Gasteiger partial charge on any atom is -0.453 e. The van der Waals surface area contributed by atoms with E-state index in [1.807, 2.05) is 0 Å². The van der Waals surface area contributed by atoms with Crippen LogP contribution in [0.25, 0.3) is 0 Å². The highest BCUT2D eigenvalue weighted by atomic mass is 32.1. The van der Waals surface area contributed by atoms with Gasteiger partial charge in [-0.15, -0.1) is 0 Å². The summed E-state index contributed by atoms with van der Waals surface area (Å²) >= 11 is 1.34. The first kappa shape index (κ1) is 14.4. The van der Waals surface area contributed by atoms with Crippen LogP contribution in [0.5, 0.6) is 0 Å². The molecule has 1 aliphatic rings. The minimum atomic E-state index is -0.557. The van der Waals surface area contributed by atoms with Gasteiger partial charge in [0.1, 0.15) is 5.69 Å². The van der Waals surface area contributed by atoms with Crippen LogP contribution >= 0.6 is 11.3 Å².